The Balaban J connectivity index is 2.20. The molecule has 1 heterocycles. The van der Waals surface area contributed by atoms with Crippen LogP contribution in [0.5, 0.6) is 0 Å². The van der Waals surface area contributed by atoms with Gasteiger partial charge >= 0.3 is 0 Å². The normalized spacial score (nSPS) is 21.7. The highest BCUT2D eigenvalue weighted by atomic mass is 28.2. The van der Waals surface area contributed by atoms with Gasteiger partial charge in [0, 0.05) is 18.7 Å². The highest BCUT2D eigenvalue weighted by molar-refractivity contribution is 6.55. The minimum Gasteiger partial charge on any atom is -0.106 e. The molecule has 0 saturated carbocycles. The maximum absolute atomic E-state index is 2.46. The van der Waals surface area contributed by atoms with Gasteiger partial charge in [0.1, 0.15) is 0 Å². The predicted octanol–water partition coefficient (Wildman–Crippen LogP) is 0.856. The second-order valence-electron chi connectivity index (χ2n) is 1.72. The van der Waals surface area contributed by atoms with E-state index in [2.05, 4.69) is 5.67 Å². The molecule has 37 valence electrons. The summed E-state index contributed by atoms with van der Waals surface area (Å²) in [6.07, 6.45) is 1.49. The van der Waals surface area contributed by atoms with Crippen molar-refractivity contribution in [1.29, 1.82) is 0 Å². The lowest BCUT2D eigenvalue weighted by Crippen LogP contribution is -1.84. The van der Waals surface area contributed by atoms with Crippen molar-refractivity contribution in [2.45, 2.75) is 24.6 Å². The van der Waals surface area contributed by atoms with Crippen LogP contribution >= 0.6 is 0 Å². The monoisotopic (exact) mass is 125 g/mol. The van der Waals surface area contributed by atoms with Crippen LogP contribution in [0.15, 0.2) is 0 Å². The van der Waals surface area contributed by atoms with Crippen LogP contribution in [0.2, 0.25) is 18.1 Å². The number of hydrogen-bond donors (Lipinski definition) is 0. The molecule has 0 aliphatic carbocycles. The lowest BCUT2D eigenvalue weighted by molar-refractivity contribution is 1.07. The highest BCUT2D eigenvalue weighted by Crippen LogP contribution is 1.97. The lowest BCUT2D eigenvalue weighted by atomic mass is 10.6. The number of hydrogen-bond acceptors (Lipinski definition) is 0. The van der Waals surface area contributed by atoms with Gasteiger partial charge in [0.2, 0.25) is 0 Å². The molecule has 0 unspecified atom stereocenters. The minimum atomic E-state index is 1.18. The van der Waals surface area contributed by atoms with E-state index in [4.69, 9.17) is 0 Å². The Bertz CT molecular complexity index is 60.5. The van der Waals surface area contributed by atoms with Gasteiger partial charge in [-0.3, -0.25) is 0 Å². The van der Waals surface area contributed by atoms with E-state index in [1.807, 2.05) is 0 Å². The molecule has 0 aromatic heterocycles. The third kappa shape index (κ3) is 2.19. The van der Waals surface area contributed by atoms with Crippen LogP contribution < -0.4 is 0 Å². The first-order valence-corrected chi connectivity index (χ1v) is 5.46. The fourth-order valence-corrected chi connectivity index (χ4v) is 3.39. The van der Waals surface area contributed by atoms with Crippen LogP contribution in [-0.4, -0.2) is 24.3 Å². The summed E-state index contributed by atoms with van der Waals surface area (Å²) in [5.74, 6) is 0. The summed E-state index contributed by atoms with van der Waals surface area (Å²) in [4.78, 5) is 0. The number of rotatable bonds is 0. The molecule has 2 heteroatoms. The SMILES string of the molecule is C1=[Si]CCC[Si]C1. The molecule has 0 aromatic carbocycles. The maximum Gasteiger partial charge on any atom is 0.0416 e. The van der Waals surface area contributed by atoms with Gasteiger partial charge in [0.25, 0.3) is 0 Å². The van der Waals surface area contributed by atoms with Crippen LogP contribution in [0.4, 0.5) is 0 Å². The Morgan fingerprint density at radius 3 is 3.29 bits per heavy atom. The molecule has 0 N–H and O–H groups in total. The second kappa shape index (κ2) is 3.32. The molecule has 3 radical (unpaired) electrons. The fourth-order valence-electron chi connectivity index (χ4n) is 0.664. The Morgan fingerprint density at radius 1 is 1.29 bits per heavy atom. The molecule has 1 aliphatic heterocycles. The van der Waals surface area contributed by atoms with Crippen molar-refractivity contribution in [2.24, 2.45) is 0 Å². The largest absolute Gasteiger partial charge is 0.106 e. The molecule has 0 aromatic rings. The smallest absolute Gasteiger partial charge is 0.0416 e. The van der Waals surface area contributed by atoms with Gasteiger partial charge in [-0.15, -0.1) is 5.67 Å². The van der Waals surface area contributed by atoms with Crippen molar-refractivity contribution in [2.75, 3.05) is 0 Å². The standard InChI is InChI=1S/C5H9Si2/c1-2-6-4-5-7-3-1/h4H,1-3,5H2. The van der Waals surface area contributed by atoms with Crippen molar-refractivity contribution in [3.05, 3.63) is 0 Å². The molecular weight excluding hydrogens is 116 g/mol. The first-order valence-electron chi connectivity index (χ1n) is 2.76. The van der Waals surface area contributed by atoms with E-state index in [1.165, 1.54) is 43.2 Å². The van der Waals surface area contributed by atoms with Gasteiger partial charge in [-0.1, -0.05) is 12.5 Å². The quantitative estimate of drug-likeness (QED) is 0.421. The van der Waals surface area contributed by atoms with Crippen LogP contribution in [0.1, 0.15) is 6.42 Å². The summed E-state index contributed by atoms with van der Waals surface area (Å²) in [7, 11) is 2.42. The Morgan fingerprint density at radius 2 is 2.29 bits per heavy atom. The Hall–Kier alpha value is 0.304. The van der Waals surface area contributed by atoms with Crippen molar-refractivity contribution in [1.82, 2.24) is 0 Å². The maximum atomic E-state index is 2.46. The van der Waals surface area contributed by atoms with Crippen LogP contribution in [-0.2, 0) is 0 Å². The zero-order valence-electron chi connectivity index (χ0n) is 4.41. The van der Waals surface area contributed by atoms with Gasteiger partial charge in [0.15, 0.2) is 0 Å². The molecule has 0 bridgehead atoms. The molecule has 0 amide bonds. The minimum absolute atomic E-state index is 1.18. The Kier molecular flexibility index (Phi) is 2.58. The molecule has 0 fully saturated rings. The highest BCUT2D eigenvalue weighted by Gasteiger charge is 1.90. The summed E-state index contributed by atoms with van der Waals surface area (Å²) in [6.45, 7) is 0. The van der Waals surface area contributed by atoms with Crippen LogP contribution in [0, 0.1) is 0 Å². The summed E-state index contributed by atoms with van der Waals surface area (Å²) in [5.41, 5.74) is 2.46. The summed E-state index contributed by atoms with van der Waals surface area (Å²) in [6, 6.07) is 4.40. The first kappa shape index (κ1) is 5.44. The topological polar surface area (TPSA) is 0 Å². The second-order valence-corrected chi connectivity index (χ2v) is 4.44. The van der Waals surface area contributed by atoms with E-state index in [1.54, 1.807) is 0 Å². The van der Waals surface area contributed by atoms with Gasteiger partial charge < -0.3 is 0 Å². The van der Waals surface area contributed by atoms with Crippen LogP contribution in [0.25, 0.3) is 0 Å². The van der Waals surface area contributed by atoms with E-state index in [9.17, 15) is 0 Å². The van der Waals surface area contributed by atoms with E-state index in [0.717, 1.165) is 0 Å². The predicted molar refractivity (Wildman–Crippen MR) is 36.6 cm³/mol. The molecule has 1 aliphatic rings. The van der Waals surface area contributed by atoms with Crippen molar-refractivity contribution < 1.29 is 0 Å². The zero-order valence-corrected chi connectivity index (χ0v) is 6.41. The average Bonchev–Trinajstić information content (AvgIpc) is 1.90. The van der Waals surface area contributed by atoms with Gasteiger partial charge in [-0.05, 0) is 12.1 Å². The summed E-state index contributed by atoms with van der Waals surface area (Å²) in [5, 5.41) is 0. The van der Waals surface area contributed by atoms with Crippen molar-refractivity contribution in [3.8, 4) is 0 Å². The van der Waals surface area contributed by atoms with E-state index < -0.39 is 0 Å². The molecule has 0 spiro atoms. The molecule has 0 atom stereocenters. The molecule has 0 saturated heterocycles. The summed E-state index contributed by atoms with van der Waals surface area (Å²) < 4.78 is 0. The molecule has 1 rings (SSSR count). The van der Waals surface area contributed by atoms with E-state index in [0.29, 0.717) is 0 Å². The summed E-state index contributed by atoms with van der Waals surface area (Å²) >= 11 is 0. The van der Waals surface area contributed by atoms with Crippen LogP contribution in [0.3, 0.4) is 0 Å². The lowest BCUT2D eigenvalue weighted by Gasteiger charge is -1.84. The zero-order chi connectivity index (χ0) is 4.95. The van der Waals surface area contributed by atoms with Crippen molar-refractivity contribution in [3.63, 3.8) is 0 Å². The van der Waals surface area contributed by atoms with E-state index in [-0.39, 0.29) is 0 Å². The average molecular weight is 125 g/mol. The van der Waals surface area contributed by atoms with Gasteiger partial charge in [-0.2, -0.15) is 0 Å². The molecule has 0 nitrogen and oxygen atoms in total. The molecule has 7 heavy (non-hydrogen) atoms. The first-order chi connectivity index (χ1) is 3.50. The third-order valence-corrected chi connectivity index (χ3v) is 3.81. The Labute approximate surface area is 49.6 Å². The van der Waals surface area contributed by atoms with Gasteiger partial charge in [-0.25, -0.2) is 0 Å². The van der Waals surface area contributed by atoms with Gasteiger partial charge in [0.05, 0.1) is 0 Å². The van der Waals surface area contributed by atoms with Crippen molar-refractivity contribution >= 4 is 24.3 Å². The molecular formula is C5H9Si2. The third-order valence-electron chi connectivity index (χ3n) is 1.07. The van der Waals surface area contributed by atoms with E-state index >= 15 is 0 Å². The fraction of sp³-hybridized carbons (Fsp3) is 0.800.